The third-order valence-corrected chi connectivity index (χ3v) is 13.5. The Morgan fingerprint density at radius 3 is 1.91 bits per heavy atom. The molecule has 5 aromatic rings. The molecule has 4 aromatic carbocycles. The third-order valence-electron chi connectivity index (χ3n) is 7.78. The highest BCUT2D eigenvalue weighted by Crippen LogP contribution is 2.42. The smallest absolute Gasteiger partial charge is 0.337 e. The third kappa shape index (κ3) is 5.76. The molecule has 0 bridgehead atoms. The number of amides is 1. The van der Waals surface area contributed by atoms with Crippen molar-refractivity contribution >= 4 is 70.4 Å². The molecule has 224 valence electrons. The second-order valence-corrected chi connectivity index (χ2v) is 16.6. The Hall–Kier alpha value is -4.01. The summed E-state index contributed by atoms with van der Waals surface area (Å²) in [5.41, 5.74) is 1.45. The van der Waals surface area contributed by atoms with E-state index in [1.54, 1.807) is 36.4 Å². The highest BCUT2D eigenvalue weighted by Gasteiger charge is 2.51. The van der Waals surface area contributed by atoms with E-state index in [4.69, 9.17) is 27.6 Å². The summed E-state index contributed by atoms with van der Waals surface area (Å²) in [7, 11) is -3.05. The van der Waals surface area contributed by atoms with E-state index in [2.05, 4.69) is 55.3 Å². The maximum Gasteiger partial charge on any atom is 0.337 e. The summed E-state index contributed by atoms with van der Waals surface area (Å²) in [4.78, 5) is 30.4. The highest BCUT2D eigenvalue weighted by molar-refractivity contribution is 6.99. The number of carbonyl (C=O) groups is 2. The molecule has 0 aliphatic heterocycles. The summed E-state index contributed by atoms with van der Waals surface area (Å²) >= 11 is 12.6. The molecule has 0 saturated heterocycles. The SMILES string of the molecule is CC(O[Si](c1ccccc1)(c1ccccc1)C(C)(C)C)c1c(C(=O)O)cnc2c(NC(=O)c3c(Cl)cccc3Cl)cccc12. The van der Waals surface area contributed by atoms with Gasteiger partial charge in [-0.25, -0.2) is 4.79 Å². The van der Waals surface area contributed by atoms with Gasteiger partial charge in [0.15, 0.2) is 0 Å². The molecule has 0 radical (unpaired) electrons. The van der Waals surface area contributed by atoms with Crippen LogP contribution < -0.4 is 15.7 Å². The Labute approximate surface area is 267 Å². The number of halogens is 2. The predicted octanol–water partition coefficient (Wildman–Crippen LogP) is 8.13. The molecule has 6 nitrogen and oxygen atoms in total. The molecule has 1 heterocycles. The number of anilines is 1. The summed E-state index contributed by atoms with van der Waals surface area (Å²) in [5.74, 6) is -1.63. The Kier molecular flexibility index (Phi) is 8.95. The van der Waals surface area contributed by atoms with Crippen molar-refractivity contribution in [3.63, 3.8) is 0 Å². The van der Waals surface area contributed by atoms with Crippen LogP contribution in [0.3, 0.4) is 0 Å². The number of carbonyl (C=O) groups excluding carboxylic acids is 1. The van der Waals surface area contributed by atoms with Gasteiger partial charge in [0.1, 0.15) is 0 Å². The van der Waals surface area contributed by atoms with E-state index >= 15 is 0 Å². The van der Waals surface area contributed by atoms with Gasteiger partial charge in [-0.3, -0.25) is 9.78 Å². The molecule has 1 aromatic heterocycles. The Morgan fingerprint density at radius 2 is 1.39 bits per heavy atom. The van der Waals surface area contributed by atoms with Crippen LogP contribution in [0.15, 0.2) is 103 Å². The molecular formula is C35H32Cl2N2O4Si. The molecule has 2 N–H and O–H groups in total. The average molecular weight is 644 g/mol. The van der Waals surface area contributed by atoms with Crippen molar-refractivity contribution in [2.75, 3.05) is 5.32 Å². The van der Waals surface area contributed by atoms with Crippen LogP contribution in [-0.4, -0.2) is 30.3 Å². The summed E-state index contributed by atoms with van der Waals surface area (Å²) in [6.07, 6.45) is 0.658. The van der Waals surface area contributed by atoms with Gasteiger partial charge in [0.2, 0.25) is 0 Å². The summed E-state index contributed by atoms with van der Waals surface area (Å²) in [5, 5.41) is 16.0. The summed E-state index contributed by atoms with van der Waals surface area (Å²) in [6, 6.07) is 30.4. The van der Waals surface area contributed by atoms with Gasteiger partial charge in [-0.15, -0.1) is 0 Å². The molecule has 0 aliphatic carbocycles. The number of benzene rings is 4. The fraction of sp³-hybridized carbons (Fsp3) is 0.171. The molecule has 0 spiro atoms. The minimum absolute atomic E-state index is 0.0283. The van der Waals surface area contributed by atoms with Crippen molar-refractivity contribution in [2.45, 2.75) is 38.8 Å². The summed E-state index contributed by atoms with van der Waals surface area (Å²) < 4.78 is 7.31. The number of aromatic nitrogens is 1. The fourth-order valence-electron chi connectivity index (χ4n) is 5.87. The number of pyridine rings is 1. The summed E-state index contributed by atoms with van der Waals surface area (Å²) in [6.45, 7) is 8.39. The van der Waals surface area contributed by atoms with E-state index < -0.39 is 26.3 Å². The van der Waals surface area contributed by atoms with Gasteiger partial charge in [-0.1, -0.05) is 123 Å². The second-order valence-electron chi connectivity index (χ2n) is 11.6. The Morgan fingerprint density at radius 1 is 0.841 bits per heavy atom. The number of carboxylic acid groups (broad SMARTS) is 1. The van der Waals surface area contributed by atoms with Gasteiger partial charge in [-0.05, 0) is 40.5 Å². The molecule has 9 heteroatoms. The first-order chi connectivity index (χ1) is 21.0. The number of carboxylic acids is 1. The van der Waals surface area contributed by atoms with Gasteiger partial charge in [-0.2, -0.15) is 0 Å². The number of para-hydroxylation sites is 1. The van der Waals surface area contributed by atoms with Gasteiger partial charge < -0.3 is 14.8 Å². The topological polar surface area (TPSA) is 88.5 Å². The van der Waals surface area contributed by atoms with Gasteiger partial charge in [0.25, 0.3) is 14.2 Å². The van der Waals surface area contributed by atoms with Gasteiger partial charge in [0.05, 0.1) is 38.5 Å². The quantitative estimate of drug-likeness (QED) is 0.167. The molecule has 0 saturated carbocycles. The van der Waals surface area contributed by atoms with E-state index in [-0.39, 0.29) is 26.2 Å². The molecular weight excluding hydrogens is 611 g/mol. The van der Waals surface area contributed by atoms with Crippen LogP contribution >= 0.6 is 23.2 Å². The van der Waals surface area contributed by atoms with Crippen LogP contribution in [0.4, 0.5) is 5.69 Å². The first-order valence-electron chi connectivity index (χ1n) is 14.1. The zero-order chi connectivity index (χ0) is 31.6. The number of fused-ring (bicyclic) bond motifs is 1. The number of aromatic carboxylic acids is 1. The lowest BCUT2D eigenvalue weighted by atomic mass is 9.99. The standard InChI is InChI=1S/C35H32Cl2N2O4Si/c1-22(43-44(35(2,3)4,23-13-7-5-8-14-23)24-15-9-6-10-16-24)30-25-17-11-20-29(32(25)38-21-26(30)34(41)42)39-33(40)31-27(36)18-12-19-28(31)37/h5-22H,1-4H3,(H,39,40)(H,41,42). The molecule has 1 atom stereocenters. The van der Waals surface area contributed by atoms with Crippen LogP contribution in [0.1, 0.15) is 60.1 Å². The van der Waals surface area contributed by atoms with E-state index in [0.29, 0.717) is 22.2 Å². The van der Waals surface area contributed by atoms with Crippen molar-refractivity contribution in [3.05, 3.63) is 130 Å². The molecule has 0 fully saturated rings. The monoisotopic (exact) mass is 642 g/mol. The number of hydrogen-bond donors (Lipinski definition) is 2. The zero-order valence-corrected chi connectivity index (χ0v) is 27.3. The predicted molar refractivity (Wildman–Crippen MR) is 180 cm³/mol. The van der Waals surface area contributed by atoms with Crippen LogP contribution in [0.5, 0.6) is 0 Å². The molecule has 1 amide bonds. The lowest BCUT2D eigenvalue weighted by Gasteiger charge is -2.45. The van der Waals surface area contributed by atoms with Crippen LogP contribution in [0.2, 0.25) is 15.1 Å². The maximum absolute atomic E-state index is 13.3. The van der Waals surface area contributed by atoms with E-state index in [1.807, 2.05) is 43.3 Å². The highest BCUT2D eigenvalue weighted by atomic mass is 35.5. The van der Waals surface area contributed by atoms with Crippen LogP contribution in [0, 0.1) is 0 Å². The number of hydrogen-bond acceptors (Lipinski definition) is 4. The number of nitrogens with zero attached hydrogens (tertiary/aromatic N) is 1. The van der Waals surface area contributed by atoms with Gasteiger partial charge in [0, 0.05) is 17.1 Å². The Bertz CT molecular complexity index is 1780. The van der Waals surface area contributed by atoms with E-state index in [1.165, 1.54) is 6.20 Å². The lowest BCUT2D eigenvalue weighted by molar-refractivity contribution is 0.0691. The molecule has 5 rings (SSSR count). The molecule has 0 aliphatic rings. The van der Waals surface area contributed by atoms with Crippen molar-refractivity contribution in [3.8, 4) is 0 Å². The first-order valence-corrected chi connectivity index (χ1v) is 16.8. The van der Waals surface area contributed by atoms with E-state index in [0.717, 1.165) is 10.4 Å². The van der Waals surface area contributed by atoms with Crippen molar-refractivity contribution in [1.82, 2.24) is 4.98 Å². The second kappa shape index (κ2) is 12.5. The van der Waals surface area contributed by atoms with Crippen molar-refractivity contribution in [2.24, 2.45) is 0 Å². The van der Waals surface area contributed by atoms with Gasteiger partial charge >= 0.3 is 5.97 Å². The van der Waals surface area contributed by atoms with Crippen molar-refractivity contribution < 1.29 is 19.1 Å². The largest absolute Gasteiger partial charge is 0.478 e. The first kappa shape index (κ1) is 31.4. The molecule has 44 heavy (non-hydrogen) atoms. The van der Waals surface area contributed by atoms with E-state index in [9.17, 15) is 14.7 Å². The van der Waals surface area contributed by atoms with Crippen molar-refractivity contribution in [1.29, 1.82) is 0 Å². The fourth-order valence-corrected chi connectivity index (χ4v) is 11.1. The zero-order valence-electron chi connectivity index (χ0n) is 24.8. The normalized spacial score (nSPS) is 12.6. The van der Waals surface area contributed by atoms with Crippen LogP contribution in [0.25, 0.3) is 10.9 Å². The minimum Gasteiger partial charge on any atom is -0.478 e. The van der Waals surface area contributed by atoms with Crippen LogP contribution in [-0.2, 0) is 4.43 Å². The maximum atomic E-state index is 13.3. The lowest BCUT2D eigenvalue weighted by Crippen LogP contribution is -2.66. The average Bonchev–Trinajstić information content (AvgIpc) is 2.99. The Balaban J connectivity index is 1.68. The minimum atomic E-state index is -3.05. The number of nitrogens with one attached hydrogen (secondary N) is 1. The number of rotatable bonds is 8. The molecule has 1 unspecified atom stereocenters.